The fourth-order valence-corrected chi connectivity index (χ4v) is 1.91. The van der Waals surface area contributed by atoms with Crippen LogP contribution in [0.25, 0.3) is 10.9 Å². The van der Waals surface area contributed by atoms with Gasteiger partial charge in [0.05, 0.1) is 5.52 Å². The molecule has 1 aromatic carbocycles. The fraction of sp³-hybridized carbons (Fsp3) is 0.357. The van der Waals surface area contributed by atoms with E-state index < -0.39 is 0 Å². The third kappa shape index (κ3) is 1.93. The summed E-state index contributed by atoms with van der Waals surface area (Å²) in [5, 5.41) is 1.23. The predicted octanol–water partition coefficient (Wildman–Crippen LogP) is 2.91. The third-order valence-electron chi connectivity index (χ3n) is 3.05. The average Bonchev–Trinajstić information content (AvgIpc) is 2.27. The summed E-state index contributed by atoms with van der Waals surface area (Å²) in [5.41, 5.74) is 10.4. The third-order valence-corrected chi connectivity index (χ3v) is 3.05. The molecular weight excluding hydrogens is 196 g/mol. The summed E-state index contributed by atoms with van der Waals surface area (Å²) >= 11 is 0. The summed E-state index contributed by atoms with van der Waals surface area (Å²) in [7, 11) is 0. The van der Waals surface area contributed by atoms with E-state index in [0.717, 1.165) is 11.2 Å². The minimum absolute atomic E-state index is 0.323. The van der Waals surface area contributed by atoms with Crippen LogP contribution in [0.1, 0.15) is 29.7 Å². The zero-order chi connectivity index (χ0) is 11.7. The summed E-state index contributed by atoms with van der Waals surface area (Å²) in [5.74, 6) is 0.323. The molecule has 2 rings (SSSR count). The first-order chi connectivity index (χ1) is 7.61. The largest absolute Gasteiger partial charge is 0.330 e. The lowest BCUT2D eigenvalue weighted by Gasteiger charge is -2.11. The van der Waals surface area contributed by atoms with Gasteiger partial charge in [-0.3, -0.25) is 4.98 Å². The van der Waals surface area contributed by atoms with E-state index in [1.54, 1.807) is 0 Å². The van der Waals surface area contributed by atoms with Crippen molar-refractivity contribution >= 4 is 10.9 Å². The SMILES string of the molecule is Cc1ccc2c(C)cc(C(C)CN)nc2c1. The summed E-state index contributed by atoms with van der Waals surface area (Å²) in [4.78, 5) is 4.69. The lowest BCUT2D eigenvalue weighted by atomic mass is 10.0. The number of benzene rings is 1. The summed E-state index contributed by atoms with van der Waals surface area (Å²) in [6.07, 6.45) is 0. The van der Waals surface area contributed by atoms with Gasteiger partial charge in [0.25, 0.3) is 0 Å². The van der Waals surface area contributed by atoms with Crippen LogP contribution in [0.5, 0.6) is 0 Å². The van der Waals surface area contributed by atoms with Gasteiger partial charge < -0.3 is 5.73 Å². The molecule has 1 aromatic heterocycles. The second-order valence-electron chi connectivity index (χ2n) is 4.52. The molecule has 0 fully saturated rings. The molecule has 2 N–H and O–H groups in total. The van der Waals surface area contributed by atoms with Crippen molar-refractivity contribution in [3.05, 3.63) is 41.1 Å². The molecular formula is C14H18N2. The number of aryl methyl sites for hydroxylation is 2. The van der Waals surface area contributed by atoms with Gasteiger partial charge in [-0.2, -0.15) is 0 Å². The quantitative estimate of drug-likeness (QED) is 0.834. The lowest BCUT2D eigenvalue weighted by molar-refractivity contribution is 0.748. The highest BCUT2D eigenvalue weighted by Gasteiger charge is 2.08. The molecule has 0 radical (unpaired) electrons. The van der Waals surface area contributed by atoms with E-state index >= 15 is 0 Å². The maximum absolute atomic E-state index is 5.69. The second-order valence-corrected chi connectivity index (χ2v) is 4.52. The van der Waals surface area contributed by atoms with Crippen molar-refractivity contribution in [3.8, 4) is 0 Å². The van der Waals surface area contributed by atoms with Gasteiger partial charge in [0.15, 0.2) is 0 Å². The minimum atomic E-state index is 0.323. The Morgan fingerprint density at radius 2 is 2.00 bits per heavy atom. The smallest absolute Gasteiger partial charge is 0.0710 e. The van der Waals surface area contributed by atoms with E-state index in [2.05, 4.69) is 50.0 Å². The minimum Gasteiger partial charge on any atom is -0.330 e. The average molecular weight is 214 g/mol. The van der Waals surface area contributed by atoms with Crippen molar-refractivity contribution in [2.75, 3.05) is 6.54 Å². The highest BCUT2D eigenvalue weighted by molar-refractivity contribution is 5.82. The Kier molecular flexibility index (Phi) is 2.92. The van der Waals surface area contributed by atoms with Crippen molar-refractivity contribution < 1.29 is 0 Å². The van der Waals surface area contributed by atoms with Gasteiger partial charge in [0.1, 0.15) is 0 Å². The molecule has 0 aliphatic rings. The molecule has 2 nitrogen and oxygen atoms in total. The van der Waals surface area contributed by atoms with Crippen LogP contribution in [0.2, 0.25) is 0 Å². The van der Waals surface area contributed by atoms with Gasteiger partial charge in [0.2, 0.25) is 0 Å². The number of nitrogens with two attached hydrogens (primary N) is 1. The van der Waals surface area contributed by atoms with E-state index in [-0.39, 0.29) is 0 Å². The monoisotopic (exact) mass is 214 g/mol. The Balaban J connectivity index is 2.65. The number of pyridine rings is 1. The molecule has 0 saturated carbocycles. The highest BCUT2D eigenvalue weighted by atomic mass is 14.7. The standard InChI is InChI=1S/C14H18N2/c1-9-4-5-12-10(2)7-13(11(3)8-15)16-14(12)6-9/h4-7,11H,8,15H2,1-3H3. The number of aromatic nitrogens is 1. The summed E-state index contributed by atoms with van der Waals surface area (Å²) in [6, 6.07) is 8.55. The maximum atomic E-state index is 5.69. The molecule has 84 valence electrons. The molecule has 1 heterocycles. The van der Waals surface area contributed by atoms with E-state index in [1.165, 1.54) is 16.5 Å². The van der Waals surface area contributed by atoms with Crippen LogP contribution < -0.4 is 5.73 Å². The normalized spacial score (nSPS) is 13.0. The van der Waals surface area contributed by atoms with Gasteiger partial charge in [-0.05, 0) is 37.1 Å². The van der Waals surface area contributed by atoms with Crippen molar-refractivity contribution in [1.82, 2.24) is 4.98 Å². The van der Waals surface area contributed by atoms with E-state index in [4.69, 9.17) is 5.73 Å². The number of hydrogen-bond donors (Lipinski definition) is 1. The molecule has 1 unspecified atom stereocenters. The van der Waals surface area contributed by atoms with Gasteiger partial charge in [0, 0.05) is 23.5 Å². The van der Waals surface area contributed by atoms with E-state index in [9.17, 15) is 0 Å². The van der Waals surface area contributed by atoms with Crippen molar-refractivity contribution in [3.63, 3.8) is 0 Å². The zero-order valence-electron chi connectivity index (χ0n) is 10.1. The number of nitrogens with zero attached hydrogens (tertiary/aromatic N) is 1. The van der Waals surface area contributed by atoms with Crippen LogP contribution >= 0.6 is 0 Å². The fourth-order valence-electron chi connectivity index (χ4n) is 1.91. The summed E-state index contributed by atoms with van der Waals surface area (Å²) in [6.45, 7) is 6.98. The van der Waals surface area contributed by atoms with Crippen molar-refractivity contribution in [2.24, 2.45) is 5.73 Å². The first-order valence-electron chi connectivity index (χ1n) is 5.70. The Morgan fingerprint density at radius 1 is 1.25 bits per heavy atom. The predicted molar refractivity (Wildman–Crippen MR) is 68.7 cm³/mol. The Bertz CT molecular complexity index is 517. The van der Waals surface area contributed by atoms with Gasteiger partial charge >= 0.3 is 0 Å². The number of hydrogen-bond acceptors (Lipinski definition) is 2. The van der Waals surface area contributed by atoms with E-state index in [0.29, 0.717) is 12.5 Å². The van der Waals surface area contributed by atoms with Crippen LogP contribution in [-0.4, -0.2) is 11.5 Å². The van der Waals surface area contributed by atoms with Crippen LogP contribution in [-0.2, 0) is 0 Å². The molecule has 0 spiro atoms. The number of fused-ring (bicyclic) bond motifs is 1. The van der Waals surface area contributed by atoms with Crippen LogP contribution in [0, 0.1) is 13.8 Å². The molecule has 1 atom stereocenters. The van der Waals surface area contributed by atoms with Gasteiger partial charge in [-0.15, -0.1) is 0 Å². The first kappa shape index (κ1) is 11.1. The molecule has 2 aromatic rings. The van der Waals surface area contributed by atoms with Crippen LogP contribution in [0.3, 0.4) is 0 Å². The highest BCUT2D eigenvalue weighted by Crippen LogP contribution is 2.22. The summed E-state index contributed by atoms with van der Waals surface area (Å²) < 4.78 is 0. The van der Waals surface area contributed by atoms with E-state index in [1.807, 2.05) is 0 Å². The van der Waals surface area contributed by atoms with Crippen LogP contribution in [0.4, 0.5) is 0 Å². The molecule has 16 heavy (non-hydrogen) atoms. The molecule has 0 aliphatic carbocycles. The Morgan fingerprint density at radius 3 is 2.69 bits per heavy atom. The topological polar surface area (TPSA) is 38.9 Å². The molecule has 0 aliphatic heterocycles. The molecule has 0 saturated heterocycles. The molecule has 0 bridgehead atoms. The first-order valence-corrected chi connectivity index (χ1v) is 5.70. The lowest BCUT2D eigenvalue weighted by Crippen LogP contribution is -2.10. The molecule has 0 amide bonds. The number of rotatable bonds is 2. The Labute approximate surface area is 96.5 Å². The molecule has 2 heteroatoms. The van der Waals surface area contributed by atoms with Gasteiger partial charge in [-0.25, -0.2) is 0 Å². The zero-order valence-corrected chi connectivity index (χ0v) is 10.1. The Hall–Kier alpha value is -1.41. The van der Waals surface area contributed by atoms with Gasteiger partial charge in [-0.1, -0.05) is 19.1 Å². The van der Waals surface area contributed by atoms with Crippen molar-refractivity contribution in [1.29, 1.82) is 0 Å². The van der Waals surface area contributed by atoms with Crippen molar-refractivity contribution in [2.45, 2.75) is 26.7 Å². The second kappa shape index (κ2) is 4.22. The maximum Gasteiger partial charge on any atom is 0.0710 e. The van der Waals surface area contributed by atoms with Crippen LogP contribution in [0.15, 0.2) is 24.3 Å².